The van der Waals surface area contributed by atoms with Crippen molar-refractivity contribution in [2.24, 2.45) is 0 Å². The molecule has 1 aromatic heterocycles. The van der Waals surface area contributed by atoms with E-state index in [9.17, 15) is 0 Å². The van der Waals surface area contributed by atoms with Gasteiger partial charge in [0.15, 0.2) is 0 Å². The van der Waals surface area contributed by atoms with Gasteiger partial charge >= 0.3 is 0 Å². The van der Waals surface area contributed by atoms with Crippen LogP contribution in [0.2, 0.25) is 0 Å². The lowest BCUT2D eigenvalue weighted by atomic mass is 10.2. The van der Waals surface area contributed by atoms with Crippen molar-refractivity contribution in [1.82, 2.24) is 4.98 Å². The van der Waals surface area contributed by atoms with Crippen molar-refractivity contribution in [2.45, 2.75) is 6.54 Å². The van der Waals surface area contributed by atoms with Crippen LogP contribution in [-0.2, 0) is 6.54 Å². The largest absolute Gasteiger partial charge is 0.397 e. The predicted molar refractivity (Wildman–Crippen MR) is 74.8 cm³/mol. The van der Waals surface area contributed by atoms with E-state index in [-0.39, 0.29) is 0 Å². The summed E-state index contributed by atoms with van der Waals surface area (Å²) in [4.78, 5) is 4.12. The zero-order valence-corrected chi connectivity index (χ0v) is 11.1. The summed E-state index contributed by atoms with van der Waals surface area (Å²) in [5.74, 6) is 0.548. The van der Waals surface area contributed by atoms with E-state index in [0.717, 1.165) is 10.0 Å². The molecule has 0 saturated carbocycles. The summed E-state index contributed by atoms with van der Waals surface area (Å²) in [6, 6.07) is 11.6. The number of nitriles is 1. The Labute approximate surface area is 114 Å². The quantitative estimate of drug-likeness (QED) is 0.914. The van der Waals surface area contributed by atoms with Gasteiger partial charge in [0.25, 0.3) is 0 Å². The zero-order valence-electron chi connectivity index (χ0n) is 9.52. The molecular formula is C13H11BrN4. The summed E-state index contributed by atoms with van der Waals surface area (Å²) in [6.07, 6.45) is 1.53. The van der Waals surface area contributed by atoms with Crippen LogP contribution in [0, 0.1) is 11.3 Å². The van der Waals surface area contributed by atoms with Gasteiger partial charge in [0, 0.05) is 11.0 Å². The number of hydrogen-bond acceptors (Lipinski definition) is 4. The van der Waals surface area contributed by atoms with Crippen molar-refractivity contribution in [2.75, 3.05) is 11.1 Å². The summed E-state index contributed by atoms with van der Waals surface area (Å²) in [5.41, 5.74) is 7.62. The zero-order chi connectivity index (χ0) is 13.0. The Balaban J connectivity index is 2.14. The molecule has 0 aliphatic heterocycles. The number of nitrogen functional groups attached to an aromatic ring is 1. The molecule has 0 bridgehead atoms. The van der Waals surface area contributed by atoms with E-state index in [4.69, 9.17) is 11.0 Å². The Morgan fingerprint density at radius 1 is 1.39 bits per heavy atom. The minimum absolute atomic E-state index is 0.449. The molecule has 18 heavy (non-hydrogen) atoms. The normalized spacial score (nSPS) is 9.78. The van der Waals surface area contributed by atoms with Crippen molar-refractivity contribution in [1.29, 1.82) is 5.26 Å². The van der Waals surface area contributed by atoms with Crippen LogP contribution in [0.1, 0.15) is 11.1 Å². The highest BCUT2D eigenvalue weighted by molar-refractivity contribution is 9.10. The predicted octanol–water partition coefficient (Wildman–Crippen LogP) is 2.91. The first-order chi connectivity index (χ1) is 8.69. The molecule has 0 atom stereocenters. The molecule has 0 saturated heterocycles. The Bertz CT molecular complexity index is 604. The Morgan fingerprint density at radius 2 is 2.22 bits per heavy atom. The maximum Gasteiger partial charge on any atom is 0.144 e. The van der Waals surface area contributed by atoms with Crippen molar-refractivity contribution >= 4 is 27.4 Å². The molecule has 1 heterocycles. The molecule has 2 aromatic rings. The highest BCUT2D eigenvalue weighted by atomic mass is 79.9. The van der Waals surface area contributed by atoms with Crippen LogP contribution in [0.5, 0.6) is 0 Å². The first-order valence-corrected chi connectivity index (χ1v) is 6.12. The lowest BCUT2D eigenvalue weighted by Gasteiger charge is -2.08. The van der Waals surface area contributed by atoms with Crippen LogP contribution >= 0.6 is 15.9 Å². The first-order valence-electron chi connectivity index (χ1n) is 5.33. The first kappa shape index (κ1) is 12.4. The van der Waals surface area contributed by atoms with Gasteiger partial charge in [-0.3, -0.25) is 0 Å². The average Bonchev–Trinajstić information content (AvgIpc) is 2.37. The molecule has 2 rings (SSSR count). The Morgan fingerprint density at radius 3 is 2.94 bits per heavy atom. The number of anilines is 2. The SMILES string of the molecule is N#Cc1cc(N)cnc1NCc1cccc(Br)c1. The van der Waals surface area contributed by atoms with Gasteiger partial charge in [0.2, 0.25) is 0 Å². The summed E-state index contributed by atoms with van der Waals surface area (Å²) in [7, 11) is 0. The third-order valence-corrected chi connectivity index (χ3v) is 2.87. The monoisotopic (exact) mass is 302 g/mol. The molecule has 0 aliphatic rings. The number of benzene rings is 1. The van der Waals surface area contributed by atoms with Gasteiger partial charge in [0.1, 0.15) is 11.9 Å². The van der Waals surface area contributed by atoms with Crippen LogP contribution in [0.3, 0.4) is 0 Å². The number of halogens is 1. The highest BCUT2D eigenvalue weighted by Crippen LogP contribution is 2.16. The Hall–Kier alpha value is -2.06. The maximum absolute atomic E-state index is 8.99. The second kappa shape index (κ2) is 5.52. The summed E-state index contributed by atoms with van der Waals surface area (Å²) in [6.45, 7) is 0.602. The molecular weight excluding hydrogens is 292 g/mol. The van der Waals surface area contributed by atoms with E-state index in [0.29, 0.717) is 23.6 Å². The smallest absolute Gasteiger partial charge is 0.144 e. The van der Waals surface area contributed by atoms with E-state index in [1.54, 1.807) is 6.07 Å². The van der Waals surface area contributed by atoms with Gasteiger partial charge in [-0.2, -0.15) is 5.26 Å². The van der Waals surface area contributed by atoms with E-state index in [1.807, 2.05) is 24.3 Å². The topological polar surface area (TPSA) is 74.7 Å². The van der Waals surface area contributed by atoms with Crippen LogP contribution in [0.4, 0.5) is 11.5 Å². The van der Waals surface area contributed by atoms with Crippen LogP contribution in [0.15, 0.2) is 41.0 Å². The van der Waals surface area contributed by atoms with Crippen LogP contribution in [-0.4, -0.2) is 4.98 Å². The molecule has 0 unspecified atom stereocenters. The second-order valence-corrected chi connectivity index (χ2v) is 4.68. The maximum atomic E-state index is 8.99. The standard InChI is InChI=1S/C13H11BrN4/c14-11-3-1-2-9(4-11)7-17-13-10(6-15)5-12(16)8-18-13/h1-5,8H,7,16H2,(H,17,18). The van der Waals surface area contributed by atoms with E-state index in [2.05, 4.69) is 32.3 Å². The summed E-state index contributed by atoms with van der Waals surface area (Å²) < 4.78 is 1.02. The third kappa shape index (κ3) is 2.99. The molecule has 0 radical (unpaired) electrons. The van der Waals surface area contributed by atoms with Gasteiger partial charge < -0.3 is 11.1 Å². The molecule has 1 aromatic carbocycles. The number of rotatable bonds is 3. The number of nitrogens with two attached hydrogens (primary N) is 1. The van der Waals surface area contributed by atoms with Gasteiger partial charge in [-0.15, -0.1) is 0 Å². The van der Waals surface area contributed by atoms with Crippen molar-refractivity contribution in [3.63, 3.8) is 0 Å². The molecule has 90 valence electrons. The van der Waals surface area contributed by atoms with Crippen LogP contribution in [0.25, 0.3) is 0 Å². The molecule has 4 nitrogen and oxygen atoms in total. The number of aromatic nitrogens is 1. The summed E-state index contributed by atoms with van der Waals surface area (Å²) in [5, 5.41) is 12.1. The molecule has 0 aliphatic carbocycles. The molecule has 3 N–H and O–H groups in total. The fourth-order valence-electron chi connectivity index (χ4n) is 1.54. The fraction of sp³-hybridized carbons (Fsp3) is 0.0769. The minimum atomic E-state index is 0.449. The molecule has 0 fully saturated rings. The number of hydrogen-bond donors (Lipinski definition) is 2. The lowest BCUT2D eigenvalue weighted by Crippen LogP contribution is -2.04. The second-order valence-electron chi connectivity index (χ2n) is 3.76. The van der Waals surface area contributed by atoms with Crippen molar-refractivity contribution < 1.29 is 0 Å². The van der Waals surface area contributed by atoms with Crippen LogP contribution < -0.4 is 11.1 Å². The summed E-state index contributed by atoms with van der Waals surface area (Å²) >= 11 is 3.41. The fourth-order valence-corrected chi connectivity index (χ4v) is 1.99. The Kier molecular flexibility index (Phi) is 3.80. The lowest BCUT2D eigenvalue weighted by molar-refractivity contribution is 1.10. The molecule has 0 spiro atoms. The van der Waals surface area contributed by atoms with Gasteiger partial charge in [-0.25, -0.2) is 4.98 Å². The molecule has 0 amide bonds. The number of nitrogens with one attached hydrogen (secondary N) is 1. The highest BCUT2D eigenvalue weighted by Gasteiger charge is 2.03. The number of pyridine rings is 1. The third-order valence-electron chi connectivity index (χ3n) is 2.38. The van der Waals surface area contributed by atoms with Gasteiger partial charge in [-0.1, -0.05) is 28.1 Å². The minimum Gasteiger partial charge on any atom is -0.397 e. The van der Waals surface area contributed by atoms with E-state index in [1.165, 1.54) is 6.20 Å². The van der Waals surface area contributed by atoms with E-state index >= 15 is 0 Å². The van der Waals surface area contributed by atoms with Gasteiger partial charge in [-0.05, 0) is 23.8 Å². The van der Waals surface area contributed by atoms with Crippen molar-refractivity contribution in [3.8, 4) is 6.07 Å². The van der Waals surface area contributed by atoms with Crippen molar-refractivity contribution in [3.05, 3.63) is 52.1 Å². The number of nitrogens with zero attached hydrogens (tertiary/aromatic N) is 2. The van der Waals surface area contributed by atoms with E-state index < -0.39 is 0 Å². The van der Waals surface area contributed by atoms with Gasteiger partial charge in [0.05, 0.1) is 17.4 Å². The molecule has 5 heteroatoms. The average molecular weight is 303 g/mol.